The Morgan fingerprint density at radius 1 is 1.05 bits per heavy atom. The molecule has 0 atom stereocenters. The molecule has 2 aromatic heterocycles. The van der Waals surface area contributed by atoms with E-state index in [-0.39, 0.29) is 27.9 Å². The highest BCUT2D eigenvalue weighted by Crippen LogP contribution is 2.44. The Labute approximate surface area is 246 Å². The van der Waals surface area contributed by atoms with Crippen LogP contribution in [-0.2, 0) is 16.9 Å². The van der Waals surface area contributed by atoms with E-state index in [1.807, 2.05) is 19.9 Å². The third-order valence-electron chi connectivity index (χ3n) is 6.87. The summed E-state index contributed by atoms with van der Waals surface area (Å²) in [6.45, 7) is 3.73. The van der Waals surface area contributed by atoms with Crippen LogP contribution in [0.4, 0.5) is 15.8 Å². The lowest BCUT2D eigenvalue weighted by Crippen LogP contribution is -2.29. The summed E-state index contributed by atoms with van der Waals surface area (Å²) in [4.78, 5) is 28.6. The van der Waals surface area contributed by atoms with Crippen molar-refractivity contribution < 1.29 is 22.7 Å². The fourth-order valence-corrected chi connectivity index (χ4v) is 6.33. The van der Waals surface area contributed by atoms with Gasteiger partial charge in [-0.25, -0.2) is 12.8 Å². The molecule has 43 heavy (non-hydrogen) atoms. The van der Waals surface area contributed by atoms with Crippen LogP contribution in [0.2, 0.25) is 0 Å². The number of nitrogens with one attached hydrogen (secondary N) is 1. The van der Waals surface area contributed by atoms with Crippen LogP contribution in [0.3, 0.4) is 0 Å². The van der Waals surface area contributed by atoms with E-state index in [0.717, 1.165) is 12.1 Å². The molecule has 1 amide bonds. The quantitative estimate of drug-likeness (QED) is 0.232. The summed E-state index contributed by atoms with van der Waals surface area (Å²) in [7, 11) is -2.89. The van der Waals surface area contributed by atoms with Crippen molar-refractivity contribution in [3.8, 4) is 28.3 Å². The molecule has 5 rings (SSSR count). The summed E-state index contributed by atoms with van der Waals surface area (Å²) in [5, 5.41) is 16.1. The number of hydrogen-bond acceptors (Lipinski definition) is 7. The summed E-state index contributed by atoms with van der Waals surface area (Å²) >= 11 is 0. The molecule has 2 heterocycles. The number of anilines is 2. The number of pyridine rings is 1. The molecule has 220 valence electrons. The van der Waals surface area contributed by atoms with Gasteiger partial charge in [-0.1, -0.05) is 36.4 Å². The molecule has 0 radical (unpaired) electrons. The Balaban J connectivity index is 1.70. The van der Waals surface area contributed by atoms with E-state index in [4.69, 9.17) is 5.73 Å². The number of sulfone groups is 1. The predicted molar refractivity (Wildman–Crippen MR) is 160 cm³/mol. The maximum atomic E-state index is 13.9. The molecule has 0 saturated carbocycles. The Morgan fingerprint density at radius 3 is 2.30 bits per heavy atom. The third kappa shape index (κ3) is 5.40. The Bertz CT molecular complexity index is 2000. The van der Waals surface area contributed by atoms with Gasteiger partial charge < -0.3 is 20.7 Å². The monoisotopic (exact) mass is 601 g/mol. The van der Waals surface area contributed by atoms with Crippen molar-refractivity contribution in [1.29, 1.82) is 0 Å². The number of primary amides is 1. The number of aromatic amines is 1. The normalized spacial score (nSPS) is 11.6. The molecule has 0 fully saturated rings. The van der Waals surface area contributed by atoms with Gasteiger partial charge in [-0.2, -0.15) is 5.10 Å². The first-order valence-corrected chi connectivity index (χ1v) is 14.7. The second-order valence-corrected chi connectivity index (χ2v) is 12.0. The molecular formula is C31H28FN5O5S. The van der Waals surface area contributed by atoms with Crippen LogP contribution in [0.25, 0.3) is 22.5 Å². The largest absolute Gasteiger partial charge is 0.504 e. The minimum atomic E-state index is -4.59. The Kier molecular flexibility index (Phi) is 7.63. The van der Waals surface area contributed by atoms with Gasteiger partial charge >= 0.3 is 0 Å². The number of hydrogen-bond donors (Lipinski definition) is 3. The lowest BCUT2D eigenvalue weighted by atomic mass is 9.99. The van der Waals surface area contributed by atoms with Gasteiger partial charge in [-0.3, -0.25) is 14.3 Å². The van der Waals surface area contributed by atoms with E-state index in [2.05, 4.69) is 10.1 Å². The van der Waals surface area contributed by atoms with Crippen LogP contribution in [-0.4, -0.2) is 40.2 Å². The Morgan fingerprint density at radius 2 is 1.72 bits per heavy atom. The number of carbonyl (C=O) groups excluding carboxylic acids is 1. The number of rotatable bonds is 8. The maximum absolute atomic E-state index is 13.9. The molecular weight excluding hydrogens is 573 g/mol. The zero-order chi connectivity index (χ0) is 31.1. The summed E-state index contributed by atoms with van der Waals surface area (Å²) in [6.07, 6.45) is 1.66. The van der Waals surface area contributed by atoms with Crippen molar-refractivity contribution in [1.82, 2.24) is 14.8 Å². The topological polar surface area (TPSA) is 151 Å². The van der Waals surface area contributed by atoms with Crippen molar-refractivity contribution in [3.05, 3.63) is 107 Å². The smallest absolute Gasteiger partial charge is 0.271 e. The standard InChI is InChI=1S/C31H28FN5O5S/c1-18(2)37(21-7-5-4-6-8-21)27-26(25-15-16-36(3)35-25)34-31(40)29(28(27)38)43(41,42)22-12-9-19(10-13-22)23-14-11-20(32)17-24(23)30(33)39/h4-18H,1-3H3,(H2,33,39)(H2,34,38,40). The molecule has 4 N–H and O–H groups in total. The lowest BCUT2D eigenvalue weighted by Gasteiger charge is -2.31. The SMILES string of the molecule is CC(C)N(c1ccccc1)c1c(-c2ccn(C)n2)[nH]c(=O)c(S(=O)(=O)c2ccc(-c3ccc(F)cc3C(N)=O)cc2)c1O. The number of amides is 1. The minimum Gasteiger partial charge on any atom is -0.504 e. The zero-order valence-corrected chi connectivity index (χ0v) is 24.3. The maximum Gasteiger partial charge on any atom is 0.271 e. The van der Waals surface area contributed by atoms with E-state index in [0.29, 0.717) is 22.5 Å². The number of benzene rings is 3. The second kappa shape index (κ2) is 11.2. The van der Waals surface area contributed by atoms with Crippen LogP contribution < -0.4 is 16.2 Å². The fourth-order valence-electron chi connectivity index (χ4n) is 4.96. The van der Waals surface area contributed by atoms with Crippen LogP contribution in [0.15, 0.2) is 99.6 Å². The number of para-hydroxylation sites is 1. The highest BCUT2D eigenvalue weighted by atomic mass is 32.2. The molecule has 0 aliphatic carbocycles. The molecule has 0 saturated heterocycles. The van der Waals surface area contributed by atoms with E-state index >= 15 is 0 Å². The van der Waals surface area contributed by atoms with Gasteiger partial charge in [0.1, 0.15) is 17.2 Å². The van der Waals surface area contributed by atoms with Gasteiger partial charge in [0.2, 0.25) is 15.7 Å². The van der Waals surface area contributed by atoms with Crippen LogP contribution in [0, 0.1) is 5.82 Å². The molecule has 0 aliphatic heterocycles. The highest BCUT2D eigenvalue weighted by molar-refractivity contribution is 7.91. The van der Waals surface area contributed by atoms with Crippen molar-refractivity contribution in [2.75, 3.05) is 4.90 Å². The number of aryl methyl sites for hydroxylation is 1. The Hall–Kier alpha value is -5.23. The molecule has 0 bridgehead atoms. The van der Waals surface area contributed by atoms with Gasteiger partial charge in [-0.15, -0.1) is 0 Å². The molecule has 0 spiro atoms. The molecule has 5 aromatic rings. The number of aromatic nitrogens is 3. The second-order valence-electron chi connectivity index (χ2n) is 10.1. The van der Waals surface area contributed by atoms with Crippen LogP contribution in [0.1, 0.15) is 24.2 Å². The number of carbonyl (C=O) groups is 1. The molecule has 0 aliphatic rings. The highest BCUT2D eigenvalue weighted by Gasteiger charge is 2.33. The summed E-state index contributed by atoms with van der Waals surface area (Å²) in [5.74, 6) is -2.24. The van der Waals surface area contributed by atoms with Crippen LogP contribution in [0.5, 0.6) is 5.75 Å². The van der Waals surface area contributed by atoms with E-state index < -0.39 is 37.8 Å². The van der Waals surface area contributed by atoms with Gasteiger partial charge in [0, 0.05) is 30.5 Å². The zero-order valence-electron chi connectivity index (χ0n) is 23.4. The molecule has 12 heteroatoms. The first-order chi connectivity index (χ1) is 20.4. The minimum absolute atomic E-state index is 0.0621. The van der Waals surface area contributed by atoms with E-state index in [1.165, 1.54) is 35.0 Å². The van der Waals surface area contributed by atoms with E-state index in [1.54, 1.807) is 48.5 Å². The summed E-state index contributed by atoms with van der Waals surface area (Å²) in [5.41, 5.74) is 6.18. The first kappa shape index (κ1) is 29.3. The molecule has 0 unspecified atom stereocenters. The first-order valence-electron chi connectivity index (χ1n) is 13.2. The van der Waals surface area contributed by atoms with E-state index in [9.17, 15) is 27.5 Å². The summed E-state index contributed by atoms with van der Waals surface area (Å²) < 4.78 is 43.1. The average molecular weight is 602 g/mol. The average Bonchev–Trinajstić information content (AvgIpc) is 3.40. The van der Waals surface area contributed by atoms with Gasteiger partial charge in [0.05, 0.1) is 10.6 Å². The number of nitrogens with two attached hydrogens (primary N) is 1. The number of halogens is 1. The molecule has 3 aromatic carbocycles. The van der Waals surface area contributed by atoms with Crippen molar-refractivity contribution >= 4 is 27.1 Å². The van der Waals surface area contributed by atoms with Crippen molar-refractivity contribution in [3.63, 3.8) is 0 Å². The number of nitrogens with zero attached hydrogens (tertiary/aromatic N) is 3. The summed E-state index contributed by atoms with van der Waals surface area (Å²) in [6, 6.07) is 19.2. The van der Waals surface area contributed by atoms with Gasteiger partial charge in [0.25, 0.3) is 5.56 Å². The third-order valence-corrected chi connectivity index (χ3v) is 8.68. The lowest BCUT2D eigenvalue weighted by molar-refractivity contribution is 0.100. The van der Waals surface area contributed by atoms with Crippen molar-refractivity contribution in [2.24, 2.45) is 12.8 Å². The number of aromatic hydroxyl groups is 1. The fraction of sp³-hybridized carbons (Fsp3) is 0.129. The number of H-pyrrole nitrogens is 1. The molecule has 10 nitrogen and oxygen atoms in total. The van der Waals surface area contributed by atoms with Crippen molar-refractivity contribution in [2.45, 2.75) is 29.7 Å². The predicted octanol–water partition coefficient (Wildman–Crippen LogP) is 4.77. The van der Waals surface area contributed by atoms with Crippen LogP contribution >= 0.6 is 0 Å². The van der Waals surface area contributed by atoms with Gasteiger partial charge in [-0.05, 0) is 67.4 Å². The van der Waals surface area contributed by atoms with Gasteiger partial charge in [0.15, 0.2) is 10.6 Å².